The first kappa shape index (κ1) is 21.8. The maximum Gasteiger partial charge on any atom is 0.331 e. The molecular weight excluding hydrogens is 366 g/mol. The fraction of sp³-hybridized carbons (Fsp3) is 0.867. The van der Waals surface area contributed by atoms with Crippen molar-refractivity contribution in [3.63, 3.8) is 0 Å². The van der Waals surface area contributed by atoms with Crippen molar-refractivity contribution in [2.45, 2.75) is 27.1 Å². The van der Waals surface area contributed by atoms with E-state index in [1.165, 1.54) is 14.7 Å². The summed E-state index contributed by atoms with van der Waals surface area (Å²) in [5.41, 5.74) is 0. The summed E-state index contributed by atoms with van der Waals surface area (Å²) in [6.45, 7) is 6.80. The quantitative estimate of drug-likeness (QED) is 0.452. The fourth-order valence-electron chi connectivity index (χ4n) is 2.42. The highest BCUT2D eigenvalue weighted by atomic mass is 32.1. The summed E-state index contributed by atoms with van der Waals surface area (Å²) in [6.07, 6.45) is -1.25. The molecule has 1 saturated heterocycles. The molecule has 0 saturated carbocycles. The third kappa shape index (κ3) is 5.37. The number of amides is 4. The Morgan fingerprint density at radius 3 is 1.50 bits per heavy atom. The Morgan fingerprint density at radius 1 is 0.833 bits per heavy atom. The van der Waals surface area contributed by atoms with Crippen LogP contribution in [0.25, 0.3) is 0 Å². The number of hydrogen-bond donors (Lipinski definition) is 4. The van der Waals surface area contributed by atoms with E-state index >= 15 is 0 Å². The molecular formula is C15H29N3O3S3. The van der Waals surface area contributed by atoms with Crippen LogP contribution in [0.5, 0.6) is 0 Å². The molecule has 0 aromatic rings. The highest BCUT2D eigenvalue weighted by Crippen LogP contribution is 2.22. The third-order valence-corrected chi connectivity index (χ3v) is 5.83. The number of aliphatic hydroxyl groups is 1. The molecule has 3 atom stereocenters. The van der Waals surface area contributed by atoms with Gasteiger partial charge in [-0.05, 0) is 35.0 Å². The summed E-state index contributed by atoms with van der Waals surface area (Å²) in [7, 11) is 0. The number of hydrogen-bond acceptors (Lipinski definition) is 6. The number of nitrogens with zero attached hydrogens (tertiary/aromatic N) is 3. The van der Waals surface area contributed by atoms with E-state index in [2.05, 4.69) is 37.9 Å². The number of urea groups is 2. The monoisotopic (exact) mass is 395 g/mol. The molecule has 0 radical (unpaired) electrons. The highest BCUT2D eigenvalue weighted by Gasteiger charge is 2.44. The molecule has 0 spiro atoms. The Bertz CT molecular complexity index is 409. The van der Waals surface area contributed by atoms with Gasteiger partial charge in [-0.3, -0.25) is 9.80 Å². The van der Waals surface area contributed by atoms with Gasteiger partial charge < -0.3 is 5.11 Å². The predicted octanol–water partition coefficient (Wildman–Crippen LogP) is 2.12. The second kappa shape index (κ2) is 10.0. The number of rotatable bonds is 9. The van der Waals surface area contributed by atoms with Crippen LogP contribution in [0.2, 0.25) is 0 Å². The molecule has 0 aliphatic carbocycles. The van der Waals surface area contributed by atoms with Gasteiger partial charge in [-0.25, -0.2) is 14.5 Å². The van der Waals surface area contributed by atoms with E-state index < -0.39 is 18.4 Å². The van der Waals surface area contributed by atoms with Gasteiger partial charge in [0.1, 0.15) is 0 Å². The van der Waals surface area contributed by atoms with Gasteiger partial charge in [0.2, 0.25) is 6.35 Å². The van der Waals surface area contributed by atoms with Crippen LogP contribution < -0.4 is 0 Å². The molecule has 24 heavy (non-hydrogen) atoms. The van der Waals surface area contributed by atoms with Crippen molar-refractivity contribution in [1.29, 1.82) is 0 Å². The normalized spacial score (nSPS) is 22.8. The molecule has 1 aliphatic heterocycles. The van der Waals surface area contributed by atoms with Crippen molar-refractivity contribution in [2.75, 3.05) is 36.9 Å². The number of carbonyl (C=O) groups is 2. The molecule has 1 rings (SSSR count). The average molecular weight is 396 g/mol. The summed E-state index contributed by atoms with van der Waals surface area (Å²) in [5.74, 6) is 2.03. The van der Waals surface area contributed by atoms with Crippen LogP contribution in [0.15, 0.2) is 0 Å². The second-order valence-electron chi connectivity index (χ2n) is 6.69. The average Bonchev–Trinajstić information content (AvgIpc) is 2.58. The van der Waals surface area contributed by atoms with Crippen LogP contribution in [0.1, 0.15) is 20.8 Å². The van der Waals surface area contributed by atoms with Gasteiger partial charge in [0.15, 0.2) is 0 Å². The van der Waals surface area contributed by atoms with E-state index in [1.54, 1.807) is 0 Å². The van der Waals surface area contributed by atoms with E-state index in [9.17, 15) is 14.7 Å². The van der Waals surface area contributed by atoms with Crippen molar-refractivity contribution in [3.05, 3.63) is 0 Å². The zero-order chi connectivity index (χ0) is 18.4. The molecule has 3 unspecified atom stereocenters. The van der Waals surface area contributed by atoms with Gasteiger partial charge >= 0.3 is 12.1 Å². The first-order chi connectivity index (χ1) is 11.3. The van der Waals surface area contributed by atoms with Crippen LogP contribution in [-0.4, -0.2) is 75.1 Å². The summed E-state index contributed by atoms with van der Waals surface area (Å²) >= 11 is 12.7. The van der Waals surface area contributed by atoms with Gasteiger partial charge in [0.25, 0.3) is 0 Å². The molecule has 1 heterocycles. The molecule has 0 bridgehead atoms. The van der Waals surface area contributed by atoms with Crippen LogP contribution in [0.4, 0.5) is 9.59 Å². The van der Waals surface area contributed by atoms with Gasteiger partial charge in [0.05, 0.1) is 0 Å². The molecule has 1 fully saturated rings. The minimum atomic E-state index is -1.25. The van der Waals surface area contributed by atoms with Crippen molar-refractivity contribution in [1.82, 2.24) is 14.7 Å². The lowest BCUT2D eigenvalue weighted by Gasteiger charge is -2.46. The molecule has 9 heteroatoms. The van der Waals surface area contributed by atoms with Gasteiger partial charge in [-0.15, -0.1) is 0 Å². The number of aliphatic hydroxyl groups excluding tert-OH is 1. The van der Waals surface area contributed by atoms with Gasteiger partial charge in [-0.2, -0.15) is 37.9 Å². The molecule has 4 amide bonds. The van der Waals surface area contributed by atoms with Crippen molar-refractivity contribution in [2.24, 2.45) is 17.8 Å². The standard InChI is InChI=1S/C15H29N3O3S3/c1-10(7-22)4-16-13(19)17(5-11(2)8-23)15(21)18(14(16)20)6-12(3)9-24/h10-13,19,22-24H,4-9H2,1-3H3. The summed E-state index contributed by atoms with van der Waals surface area (Å²) in [4.78, 5) is 29.4. The predicted molar refractivity (Wildman–Crippen MR) is 106 cm³/mol. The minimum absolute atomic E-state index is 0.0739. The molecule has 0 aromatic carbocycles. The topological polar surface area (TPSA) is 64.1 Å². The lowest BCUT2D eigenvalue weighted by Crippen LogP contribution is -2.68. The van der Waals surface area contributed by atoms with E-state index in [-0.39, 0.29) is 24.3 Å². The van der Waals surface area contributed by atoms with E-state index in [4.69, 9.17) is 0 Å². The number of thiol groups is 3. The zero-order valence-electron chi connectivity index (χ0n) is 14.5. The maximum atomic E-state index is 12.7. The third-order valence-electron chi connectivity index (χ3n) is 3.96. The highest BCUT2D eigenvalue weighted by molar-refractivity contribution is 7.80. The summed E-state index contributed by atoms with van der Waals surface area (Å²) in [6, 6.07) is -0.908. The Morgan fingerprint density at radius 2 is 1.17 bits per heavy atom. The molecule has 0 aromatic heterocycles. The van der Waals surface area contributed by atoms with Crippen LogP contribution in [0.3, 0.4) is 0 Å². The van der Waals surface area contributed by atoms with Gasteiger partial charge in [0, 0.05) is 19.6 Å². The molecule has 140 valence electrons. The Labute approximate surface area is 161 Å². The molecule has 6 nitrogen and oxygen atoms in total. The van der Waals surface area contributed by atoms with Crippen LogP contribution in [0, 0.1) is 17.8 Å². The zero-order valence-corrected chi connectivity index (χ0v) is 17.2. The van der Waals surface area contributed by atoms with Crippen LogP contribution >= 0.6 is 37.9 Å². The Hall–Kier alpha value is -0.250. The fourth-order valence-corrected chi connectivity index (χ4v) is 2.76. The lowest BCUT2D eigenvalue weighted by atomic mass is 10.1. The summed E-state index contributed by atoms with van der Waals surface area (Å²) < 4.78 is 0. The smallest absolute Gasteiger partial charge is 0.331 e. The first-order valence-electron chi connectivity index (χ1n) is 8.16. The first-order valence-corrected chi connectivity index (χ1v) is 10.1. The minimum Gasteiger partial charge on any atom is -0.356 e. The van der Waals surface area contributed by atoms with E-state index in [0.29, 0.717) is 30.3 Å². The van der Waals surface area contributed by atoms with Crippen molar-refractivity contribution in [3.8, 4) is 0 Å². The van der Waals surface area contributed by atoms with Crippen LogP contribution in [-0.2, 0) is 0 Å². The molecule has 1 N–H and O–H groups in total. The number of carbonyl (C=O) groups excluding carboxylic acids is 2. The molecule has 1 aliphatic rings. The number of imide groups is 1. The largest absolute Gasteiger partial charge is 0.356 e. The Balaban J connectivity index is 3.06. The summed E-state index contributed by atoms with van der Waals surface area (Å²) in [5, 5.41) is 10.6. The van der Waals surface area contributed by atoms with Crippen molar-refractivity contribution < 1.29 is 14.7 Å². The van der Waals surface area contributed by atoms with Gasteiger partial charge in [-0.1, -0.05) is 20.8 Å². The van der Waals surface area contributed by atoms with Crippen molar-refractivity contribution >= 4 is 49.9 Å². The van der Waals surface area contributed by atoms with E-state index in [1.807, 2.05) is 20.8 Å². The Kier molecular flexibility index (Phi) is 9.11. The SMILES string of the molecule is CC(CS)CN1C(=O)N(CC(C)CS)C(O)N(CC(C)CS)C1=O. The second-order valence-corrected chi connectivity index (χ2v) is 7.79. The lowest BCUT2D eigenvalue weighted by molar-refractivity contribution is -0.0997. The maximum absolute atomic E-state index is 12.7. The van der Waals surface area contributed by atoms with E-state index in [0.717, 1.165) is 0 Å².